The van der Waals surface area contributed by atoms with Gasteiger partial charge in [-0.25, -0.2) is 8.42 Å². The fraction of sp³-hybridized carbons (Fsp3) is 0.167. The maximum absolute atomic E-state index is 11.7. The van der Waals surface area contributed by atoms with E-state index >= 15 is 0 Å². The van der Waals surface area contributed by atoms with E-state index in [2.05, 4.69) is 15.2 Å². The number of pyridine rings is 1. The molecule has 2 aromatic rings. The average Bonchev–Trinajstić information content (AvgIpc) is 2.97. The number of sulfonamides is 1. The zero-order valence-electron chi connectivity index (χ0n) is 10.4. The number of carbonyl (C=O) groups excluding carboxylic acids is 1. The van der Waals surface area contributed by atoms with Crippen LogP contribution < -0.4 is 10.3 Å². The van der Waals surface area contributed by atoms with E-state index in [-0.39, 0.29) is 11.4 Å². The number of amides is 1. The molecule has 106 valence electrons. The van der Waals surface area contributed by atoms with Gasteiger partial charge >= 0.3 is 0 Å². The maximum Gasteiger partial charge on any atom is 0.284 e. The molecule has 2 N–H and O–H groups in total. The molecule has 20 heavy (non-hydrogen) atoms. The Morgan fingerprint density at radius 1 is 1.25 bits per heavy atom. The normalized spacial score (nSPS) is 11.2. The van der Waals surface area contributed by atoms with E-state index in [9.17, 15) is 13.2 Å². The first-order valence-electron chi connectivity index (χ1n) is 5.80. The summed E-state index contributed by atoms with van der Waals surface area (Å²) in [6.45, 7) is 0. The zero-order chi connectivity index (χ0) is 14.4. The number of hydrogen-bond donors (Lipinski definition) is 2. The second-order valence-electron chi connectivity index (χ2n) is 3.92. The highest BCUT2D eigenvalue weighted by molar-refractivity contribution is 7.89. The first-order chi connectivity index (χ1) is 9.57. The molecule has 0 unspecified atom stereocenters. The number of carbonyl (C=O) groups is 1. The number of hydrogen-bond acceptors (Lipinski definition) is 5. The summed E-state index contributed by atoms with van der Waals surface area (Å²) in [5.41, 5.74) is 2.28. The molecule has 2 heterocycles. The largest absolute Gasteiger partial charge is 0.284 e. The smallest absolute Gasteiger partial charge is 0.272 e. The molecule has 2 rings (SSSR count). The van der Waals surface area contributed by atoms with Crippen LogP contribution in [0.1, 0.15) is 15.4 Å². The lowest BCUT2D eigenvalue weighted by molar-refractivity contribution is 0.0940. The minimum atomic E-state index is -3.56. The summed E-state index contributed by atoms with van der Waals surface area (Å²) in [5, 5.41) is 1.89. The molecule has 0 saturated carbocycles. The molecular formula is C12H13N3O3S2. The lowest BCUT2D eigenvalue weighted by atomic mass is 10.3. The van der Waals surface area contributed by atoms with Crippen LogP contribution in [0.25, 0.3) is 0 Å². The maximum atomic E-state index is 11.7. The molecule has 0 bridgehead atoms. The molecular weight excluding hydrogens is 298 g/mol. The molecule has 8 heteroatoms. The van der Waals surface area contributed by atoms with Crippen LogP contribution in [0.3, 0.4) is 0 Å². The van der Waals surface area contributed by atoms with E-state index < -0.39 is 15.9 Å². The van der Waals surface area contributed by atoms with Crippen molar-refractivity contribution in [3.63, 3.8) is 0 Å². The van der Waals surface area contributed by atoms with Crippen molar-refractivity contribution >= 4 is 27.3 Å². The lowest BCUT2D eigenvalue weighted by Gasteiger charge is -2.07. The predicted molar refractivity (Wildman–Crippen MR) is 76.6 cm³/mol. The van der Waals surface area contributed by atoms with Gasteiger partial charge in [0.25, 0.3) is 5.91 Å². The van der Waals surface area contributed by atoms with E-state index in [1.54, 1.807) is 12.1 Å². The van der Waals surface area contributed by atoms with Crippen LogP contribution in [0.4, 0.5) is 0 Å². The van der Waals surface area contributed by atoms with Crippen molar-refractivity contribution < 1.29 is 13.2 Å². The van der Waals surface area contributed by atoms with Gasteiger partial charge in [0.2, 0.25) is 10.0 Å². The molecule has 6 nitrogen and oxygen atoms in total. The molecule has 0 spiro atoms. The second-order valence-corrected chi connectivity index (χ2v) is 6.79. The third-order valence-electron chi connectivity index (χ3n) is 2.41. The van der Waals surface area contributed by atoms with Crippen LogP contribution in [0.5, 0.6) is 0 Å². The van der Waals surface area contributed by atoms with E-state index in [0.29, 0.717) is 6.42 Å². The minimum absolute atomic E-state index is 0.0873. The van der Waals surface area contributed by atoms with Gasteiger partial charge in [0, 0.05) is 11.1 Å². The molecule has 0 radical (unpaired) electrons. The van der Waals surface area contributed by atoms with Crippen molar-refractivity contribution in [1.82, 2.24) is 15.2 Å². The monoisotopic (exact) mass is 311 g/mol. The van der Waals surface area contributed by atoms with Crippen LogP contribution >= 0.6 is 11.3 Å². The van der Waals surface area contributed by atoms with Crippen molar-refractivity contribution in [2.75, 3.05) is 5.75 Å². The van der Waals surface area contributed by atoms with Gasteiger partial charge in [0.05, 0.1) is 5.75 Å². The SMILES string of the molecule is O=C(NNS(=O)(=O)CCc1cccs1)c1ccccn1. The summed E-state index contributed by atoms with van der Waals surface area (Å²) >= 11 is 1.50. The highest BCUT2D eigenvalue weighted by Crippen LogP contribution is 2.09. The van der Waals surface area contributed by atoms with Gasteiger partial charge in [0.1, 0.15) is 5.69 Å². The number of thiophene rings is 1. The molecule has 0 saturated heterocycles. The number of aromatic nitrogens is 1. The van der Waals surface area contributed by atoms with Crippen LogP contribution in [-0.4, -0.2) is 25.1 Å². The van der Waals surface area contributed by atoms with Gasteiger partial charge in [-0.15, -0.1) is 16.2 Å². The molecule has 2 aromatic heterocycles. The van der Waals surface area contributed by atoms with Gasteiger partial charge in [0.15, 0.2) is 0 Å². The van der Waals surface area contributed by atoms with Gasteiger partial charge in [-0.1, -0.05) is 12.1 Å². The van der Waals surface area contributed by atoms with Gasteiger partial charge in [-0.3, -0.25) is 15.2 Å². The third kappa shape index (κ3) is 4.41. The molecule has 0 aliphatic rings. The number of nitrogens with zero attached hydrogens (tertiary/aromatic N) is 1. The van der Waals surface area contributed by atoms with Crippen LogP contribution in [-0.2, 0) is 16.4 Å². The van der Waals surface area contributed by atoms with Crippen molar-refractivity contribution in [3.05, 3.63) is 52.5 Å². The quantitative estimate of drug-likeness (QED) is 0.778. The van der Waals surface area contributed by atoms with E-state index in [1.165, 1.54) is 23.6 Å². The Kier molecular flexibility index (Phi) is 4.83. The minimum Gasteiger partial charge on any atom is -0.272 e. The van der Waals surface area contributed by atoms with Gasteiger partial charge < -0.3 is 0 Å². The number of rotatable bonds is 6. The van der Waals surface area contributed by atoms with Crippen molar-refractivity contribution in [2.24, 2.45) is 0 Å². The summed E-state index contributed by atoms with van der Waals surface area (Å²) < 4.78 is 23.4. The molecule has 0 fully saturated rings. The van der Waals surface area contributed by atoms with Crippen LogP contribution in [0, 0.1) is 0 Å². The fourth-order valence-electron chi connectivity index (χ4n) is 1.43. The van der Waals surface area contributed by atoms with E-state index in [1.807, 2.05) is 17.5 Å². The first-order valence-corrected chi connectivity index (χ1v) is 8.33. The second kappa shape index (κ2) is 6.60. The molecule has 0 aliphatic heterocycles. The predicted octanol–water partition coefficient (Wildman–Crippen LogP) is 0.950. The van der Waals surface area contributed by atoms with E-state index in [4.69, 9.17) is 0 Å². The van der Waals surface area contributed by atoms with Crippen molar-refractivity contribution in [2.45, 2.75) is 6.42 Å². The van der Waals surface area contributed by atoms with Crippen LogP contribution in [0.15, 0.2) is 41.9 Å². The Bertz CT molecular complexity index is 655. The molecule has 0 atom stereocenters. The Balaban J connectivity index is 1.84. The fourth-order valence-corrected chi connectivity index (χ4v) is 3.10. The number of hydrazine groups is 1. The van der Waals surface area contributed by atoms with Gasteiger partial charge in [-0.2, -0.15) is 0 Å². The summed E-state index contributed by atoms with van der Waals surface area (Å²) in [4.78, 5) is 18.5. The number of nitrogens with one attached hydrogen (secondary N) is 2. The average molecular weight is 311 g/mol. The Hall–Kier alpha value is -1.77. The summed E-state index contributed by atoms with van der Waals surface area (Å²) in [6, 6.07) is 8.54. The van der Waals surface area contributed by atoms with Crippen molar-refractivity contribution in [1.29, 1.82) is 0 Å². The lowest BCUT2D eigenvalue weighted by Crippen LogP contribution is -2.43. The Labute approximate surface area is 120 Å². The van der Waals surface area contributed by atoms with Gasteiger partial charge in [-0.05, 0) is 30.0 Å². The van der Waals surface area contributed by atoms with E-state index in [0.717, 1.165) is 4.88 Å². The summed E-state index contributed by atoms with van der Waals surface area (Å²) in [6.07, 6.45) is 1.87. The molecule has 0 aromatic carbocycles. The Morgan fingerprint density at radius 3 is 2.75 bits per heavy atom. The van der Waals surface area contributed by atoms with Crippen LogP contribution in [0.2, 0.25) is 0 Å². The standard InChI is InChI=1S/C12H13N3O3S2/c16-12(11-5-1-2-7-13-11)14-15-20(17,18)9-6-10-4-3-8-19-10/h1-5,7-8,15H,6,9H2,(H,14,16). The molecule has 1 amide bonds. The number of aryl methyl sites for hydroxylation is 1. The summed E-state index contributed by atoms with van der Waals surface area (Å²) in [5.74, 6) is -0.680. The summed E-state index contributed by atoms with van der Waals surface area (Å²) in [7, 11) is -3.56. The third-order valence-corrected chi connectivity index (χ3v) is 4.51. The topological polar surface area (TPSA) is 88.2 Å². The highest BCUT2D eigenvalue weighted by Gasteiger charge is 2.13. The highest BCUT2D eigenvalue weighted by atomic mass is 32.2. The Morgan fingerprint density at radius 2 is 2.10 bits per heavy atom. The van der Waals surface area contributed by atoms with Crippen molar-refractivity contribution in [3.8, 4) is 0 Å². The first kappa shape index (κ1) is 14.6. The molecule has 0 aliphatic carbocycles. The zero-order valence-corrected chi connectivity index (χ0v) is 12.1.